The second-order valence-electron chi connectivity index (χ2n) is 7.52. The number of hydrogen-bond acceptors (Lipinski definition) is 5. The molecular weight excluding hydrogens is 368 g/mol. The zero-order chi connectivity index (χ0) is 20.8. The number of likely N-dealkylation sites (tertiary alicyclic amines) is 1. The normalized spacial score (nSPS) is 17.7. The second kappa shape index (κ2) is 9.62. The minimum absolute atomic E-state index is 0.0450. The van der Waals surface area contributed by atoms with E-state index in [2.05, 4.69) is 15.2 Å². The molecule has 1 aliphatic heterocycles. The van der Waals surface area contributed by atoms with Crippen LogP contribution < -0.4 is 5.32 Å². The summed E-state index contributed by atoms with van der Waals surface area (Å²) >= 11 is 0. The summed E-state index contributed by atoms with van der Waals surface area (Å²) in [5.74, 6) is -0.244. The molecule has 2 aromatic rings. The molecule has 0 radical (unpaired) electrons. The highest BCUT2D eigenvalue weighted by Crippen LogP contribution is 2.24. The molecule has 2 unspecified atom stereocenters. The zero-order valence-electron chi connectivity index (χ0n) is 16.9. The van der Waals surface area contributed by atoms with Crippen molar-refractivity contribution in [2.75, 3.05) is 32.0 Å². The van der Waals surface area contributed by atoms with Crippen LogP contribution in [0.2, 0.25) is 0 Å². The summed E-state index contributed by atoms with van der Waals surface area (Å²) < 4.78 is 0. The molecule has 1 aromatic carbocycles. The van der Waals surface area contributed by atoms with E-state index in [4.69, 9.17) is 0 Å². The number of aliphatic hydroxyl groups is 1. The van der Waals surface area contributed by atoms with Crippen LogP contribution >= 0.6 is 0 Å². The van der Waals surface area contributed by atoms with Crippen molar-refractivity contribution >= 4 is 17.5 Å². The number of benzene rings is 1. The molecule has 1 saturated heterocycles. The van der Waals surface area contributed by atoms with E-state index >= 15 is 0 Å². The van der Waals surface area contributed by atoms with E-state index in [0.29, 0.717) is 18.8 Å². The monoisotopic (exact) mass is 396 g/mol. The van der Waals surface area contributed by atoms with Crippen molar-refractivity contribution in [2.24, 2.45) is 0 Å². The molecule has 29 heavy (non-hydrogen) atoms. The van der Waals surface area contributed by atoms with Crippen LogP contribution in [0.3, 0.4) is 0 Å². The van der Waals surface area contributed by atoms with Crippen molar-refractivity contribution < 1.29 is 14.7 Å². The maximum atomic E-state index is 13.1. The number of nitrogens with one attached hydrogen (secondary N) is 1. The van der Waals surface area contributed by atoms with Gasteiger partial charge in [0.15, 0.2) is 0 Å². The molecule has 1 aromatic heterocycles. The number of pyridine rings is 1. The standard InChI is InChI=1S/C22H28N4O3/c1-16(27)24-20-13-23-10-8-18(20)12-22(29)25(2)21(17-6-4-3-5-7-17)15-26-11-9-19(28)14-26/h3-8,10,13,19,21,28H,9,11-12,14-15H2,1-2H3,(H,24,27). The number of likely N-dealkylation sites (N-methyl/N-ethyl adjacent to an activating group) is 1. The minimum Gasteiger partial charge on any atom is -0.392 e. The summed E-state index contributed by atoms with van der Waals surface area (Å²) in [6.07, 6.45) is 3.81. The molecule has 0 saturated carbocycles. The minimum atomic E-state index is -0.301. The van der Waals surface area contributed by atoms with Gasteiger partial charge in [0.25, 0.3) is 0 Å². The van der Waals surface area contributed by atoms with Gasteiger partial charge in [-0.3, -0.25) is 19.5 Å². The first-order chi connectivity index (χ1) is 13.9. The van der Waals surface area contributed by atoms with Gasteiger partial charge in [0.2, 0.25) is 11.8 Å². The van der Waals surface area contributed by atoms with E-state index in [1.54, 1.807) is 23.4 Å². The number of hydrogen-bond donors (Lipinski definition) is 2. The fraction of sp³-hybridized carbons (Fsp3) is 0.409. The largest absolute Gasteiger partial charge is 0.392 e. The number of aromatic nitrogens is 1. The van der Waals surface area contributed by atoms with Crippen LogP contribution in [-0.2, 0) is 16.0 Å². The Labute approximate surface area is 171 Å². The van der Waals surface area contributed by atoms with Crippen molar-refractivity contribution in [1.29, 1.82) is 0 Å². The lowest BCUT2D eigenvalue weighted by Gasteiger charge is -2.32. The van der Waals surface area contributed by atoms with E-state index in [9.17, 15) is 14.7 Å². The number of β-amino-alcohol motifs (C(OH)–C–C–N with tert-alkyl or cyclic N) is 1. The van der Waals surface area contributed by atoms with Gasteiger partial charge in [-0.15, -0.1) is 0 Å². The van der Waals surface area contributed by atoms with E-state index in [-0.39, 0.29) is 30.4 Å². The first-order valence-electron chi connectivity index (χ1n) is 9.85. The lowest BCUT2D eigenvalue weighted by Crippen LogP contribution is -2.39. The van der Waals surface area contributed by atoms with Crippen LogP contribution in [0.25, 0.3) is 0 Å². The third-order valence-electron chi connectivity index (χ3n) is 5.29. The van der Waals surface area contributed by atoms with Crippen LogP contribution in [0, 0.1) is 0 Å². The molecule has 2 N–H and O–H groups in total. The molecule has 0 spiro atoms. The third-order valence-corrected chi connectivity index (χ3v) is 5.29. The molecule has 2 atom stereocenters. The zero-order valence-corrected chi connectivity index (χ0v) is 16.9. The summed E-state index contributed by atoms with van der Waals surface area (Å²) in [6.45, 7) is 3.55. The average molecular weight is 396 g/mol. The number of anilines is 1. The molecular formula is C22H28N4O3. The molecule has 3 rings (SSSR count). The van der Waals surface area contributed by atoms with Gasteiger partial charge in [-0.2, -0.15) is 0 Å². The van der Waals surface area contributed by atoms with Gasteiger partial charge in [-0.05, 0) is 23.6 Å². The Bertz CT molecular complexity index is 843. The first kappa shape index (κ1) is 21.0. The number of rotatable bonds is 7. The predicted molar refractivity (Wildman–Crippen MR) is 111 cm³/mol. The molecule has 2 amide bonds. The fourth-order valence-corrected chi connectivity index (χ4v) is 3.69. The number of amides is 2. The first-order valence-corrected chi connectivity index (χ1v) is 9.85. The molecule has 0 bridgehead atoms. The van der Waals surface area contributed by atoms with Gasteiger partial charge in [0, 0.05) is 39.8 Å². The molecule has 7 nitrogen and oxygen atoms in total. The summed E-state index contributed by atoms with van der Waals surface area (Å²) in [5, 5.41) is 12.6. The van der Waals surface area contributed by atoms with Crippen LogP contribution in [0.1, 0.15) is 30.5 Å². The SMILES string of the molecule is CC(=O)Nc1cnccc1CC(=O)N(C)C(CN1CCC(O)C1)c1ccccc1. The Kier molecular flexibility index (Phi) is 6.95. The smallest absolute Gasteiger partial charge is 0.227 e. The molecule has 2 heterocycles. The Hall–Kier alpha value is -2.77. The summed E-state index contributed by atoms with van der Waals surface area (Å²) in [6, 6.07) is 11.6. The maximum Gasteiger partial charge on any atom is 0.227 e. The van der Waals surface area contributed by atoms with Gasteiger partial charge < -0.3 is 15.3 Å². The topological polar surface area (TPSA) is 85.8 Å². The molecule has 7 heteroatoms. The van der Waals surface area contributed by atoms with Crippen molar-refractivity contribution in [1.82, 2.24) is 14.8 Å². The van der Waals surface area contributed by atoms with Gasteiger partial charge in [-0.25, -0.2) is 0 Å². The number of carbonyl (C=O) groups excluding carboxylic acids is 2. The Morgan fingerprint density at radius 1 is 1.31 bits per heavy atom. The lowest BCUT2D eigenvalue weighted by atomic mass is 10.0. The lowest BCUT2D eigenvalue weighted by molar-refractivity contribution is -0.131. The third kappa shape index (κ3) is 5.62. The molecule has 0 aliphatic carbocycles. The fourth-order valence-electron chi connectivity index (χ4n) is 3.69. The summed E-state index contributed by atoms with van der Waals surface area (Å²) in [7, 11) is 1.81. The van der Waals surface area contributed by atoms with E-state index in [1.807, 2.05) is 37.4 Å². The molecule has 154 valence electrons. The maximum absolute atomic E-state index is 13.1. The summed E-state index contributed by atoms with van der Waals surface area (Å²) in [5.41, 5.74) is 2.35. The van der Waals surface area contributed by atoms with Gasteiger partial charge in [-0.1, -0.05) is 30.3 Å². The molecule has 1 aliphatic rings. The Morgan fingerprint density at radius 3 is 2.72 bits per heavy atom. The van der Waals surface area contributed by atoms with E-state index < -0.39 is 0 Å². The molecule has 1 fully saturated rings. The highest BCUT2D eigenvalue weighted by molar-refractivity contribution is 5.90. The van der Waals surface area contributed by atoms with Gasteiger partial charge in [0.1, 0.15) is 0 Å². The Balaban J connectivity index is 1.77. The quantitative estimate of drug-likeness (QED) is 0.746. The van der Waals surface area contributed by atoms with E-state index in [1.165, 1.54) is 6.92 Å². The van der Waals surface area contributed by atoms with Crippen molar-refractivity contribution in [2.45, 2.75) is 31.9 Å². The number of aliphatic hydroxyl groups excluding tert-OH is 1. The van der Waals surface area contributed by atoms with Crippen LogP contribution in [0.15, 0.2) is 48.8 Å². The highest BCUT2D eigenvalue weighted by atomic mass is 16.3. The van der Waals surface area contributed by atoms with Crippen molar-refractivity contribution in [3.05, 3.63) is 59.9 Å². The van der Waals surface area contributed by atoms with Crippen LogP contribution in [0.4, 0.5) is 5.69 Å². The van der Waals surface area contributed by atoms with Crippen molar-refractivity contribution in [3.8, 4) is 0 Å². The van der Waals surface area contributed by atoms with E-state index in [0.717, 1.165) is 24.1 Å². The predicted octanol–water partition coefficient (Wildman–Crippen LogP) is 1.85. The van der Waals surface area contributed by atoms with Crippen molar-refractivity contribution in [3.63, 3.8) is 0 Å². The van der Waals surface area contributed by atoms with Gasteiger partial charge in [0.05, 0.1) is 30.5 Å². The number of nitrogens with zero attached hydrogens (tertiary/aromatic N) is 3. The van der Waals surface area contributed by atoms with Crippen LogP contribution in [0.5, 0.6) is 0 Å². The average Bonchev–Trinajstić information content (AvgIpc) is 3.12. The summed E-state index contributed by atoms with van der Waals surface area (Å²) in [4.78, 5) is 32.6. The highest BCUT2D eigenvalue weighted by Gasteiger charge is 2.28. The van der Waals surface area contributed by atoms with Gasteiger partial charge >= 0.3 is 0 Å². The second-order valence-corrected chi connectivity index (χ2v) is 7.52. The number of carbonyl (C=O) groups is 2. The Morgan fingerprint density at radius 2 is 2.07 bits per heavy atom. The van der Waals surface area contributed by atoms with Crippen LogP contribution in [-0.4, -0.2) is 64.5 Å².